The molecule has 176 valence electrons. The second-order valence-corrected chi connectivity index (χ2v) is 8.04. The molecule has 7 nitrogen and oxygen atoms in total. The number of pyridine rings is 1. The van der Waals surface area contributed by atoms with Gasteiger partial charge in [-0.1, -0.05) is 55.4 Å². The number of hydrogen-bond acceptors (Lipinski definition) is 5. The summed E-state index contributed by atoms with van der Waals surface area (Å²) in [4.78, 5) is 29.8. The summed E-state index contributed by atoms with van der Waals surface area (Å²) in [6, 6.07) is 13.2. The lowest BCUT2D eigenvalue weighted by molar-refractivity contribution is -0.138. The minimum Gasteiger partial charge on any atom is -0.350 e. The maximum Gasteiger partial charge on any atom is 0.416 e. The Morgan fingerprint density at radius 1 is 1.12 bits per heavy atom. The summed E-state index contributed by atoms with van der Waals surface area (Å²) in [6.07, 6.45) is -4.53. The maximum atomic E-state index is 13.2. The number of hydrogen-bond donors (Lipinski definition) is 1. The fraction of sp³-hybridized carbons (Fsp3) is 0.250. The van der Waals surface area contributed by atoms with Crippen molar-refractivity contribution in [1.82, 2.24) is 20.0 Å². The molecule has 0 spiro atoms. The molecule has 4 rings (SSSR count). The van der Waals surface area contributed by atoms with Gasteiger partial charge in [-0.2, -0.15) is 18.2 Å². The first-order valence-corrected chi connectivity index (χ1v) is 10.5. The van der Waals surface area contributed by atoms with Crippen LogP contribution in [-0.2, 0) is 24.1 Å². The average molecular weight is 470 g/mol. The van der Waals surface area contributed by atoms with E-state index in [-0.39, 0.29) is 30.5 Å². The Bertz CT molecular complexity index is 1410. The van der Waals surface area contributed by atoms with Crippen LogP contribution < -0.4 is 10.9 Å². The van der Waals surface area contributed by atoms with Crippen molar-refractivity contribution in [3.05, 3.63) is 81.9 Å². The molecule has 2 aromatic carbocycles. The Balaban J connectivity index is 1.62. The molecular formula is C24H21F3N4O3. The predicted octanol–water partition coefficient (Wildman–Crippen LogP) is 4.51. The zero-order valence-corrected chi connectivity index (χ0v) is 18.4. The maximum absolute atomic E-state index is 13.2. The highest BCUT2D eigenvalue weighted by Gasteiger charge is 2.32. The molecule has 1 N–H and O–H groups in total. The molecule has 0 bridgehead atoms. The molecule has 0 unspecified atom stereocenters. The van der Waals surface area contributed by atoms with Gasteiger partial charge in [0.2, 0.25) is 5.91 Å². The number of carbonyl (C=O) groups excluding carboxylic acids is 1. The Morgan fingerprint density at radius 2 is 1.82 bits per heavy atom. The molecule has 0 saturated heterocycles. The van der Waals surface area contributed by atoms with Gasteiger partial charge in [0.15, 0.2) is 5.82 Å². The molecule has 0 atom stereocenters. The molecule has 1 amide bonds. The van der Waals surface area contributed by atoms with Crippen LogP contribution in [0.15, 0.2) is 63.9 Å². The van der Waals surface area contributed by atoms with Gasteiger partial charge in [-0.05, 0) is 17.7 Å². The number of halogens is 3. The second kappa shape index (κ2) is 9.12. The van der Waals surface area contributed by atoms with Crippen LogP contribution in [0.3, 0.4) is 0 Å². The molecule has 0 radical (unpaired) electrons. The molecule has 2 heterocycles. The van der Waals surface area contributed by atoms with Crippen molar-refractivity contribution >= 4 is 16.8 Å². The van der Waals surface area contributed by atoms with E-state index in [1.54, 1.807) is 24.3 Å². The lowest BCUT2D eigenvalue weighted by atomic mass is 10.1. The van der Waals surface area contributed by atoms with Gasteiger partial charge in [0, 0.05) is 23.9 Å². The van der Waals surface area contributed by atoms with E-state index in [0.29, 0.717) is 22.3 Å². The van der Waals surface area contributed by atoms with Gasteiger partial charge < -0.3 is 9.84 Å². The van der Waals surface area contributed by atoms with E-state index in [4.69, 9.17) is 4.52 Å². The minimum atomic E-state index is -4.53. The molecule has 0 saturated carbocycles. The number of para-hydroxylation sites is 1. The number of amides is 1. The van der Waals surface area contributed by atoms with Crippen molar-refractivity contribution in [2.24, 2.45) is 0 Å². The molecule has 0 aliphatic heterocycles. The average Bonchev–Trinajstić information content (AvgIpc) is 3.29. The van der Waals surface area contributed by atoms with Gasteiger partial charge in [0.05, 0.1) is 16.6 Å². The zero-order valence-electron chi connectivity index (χ0n) is 18.4. The van der Waals surface area contributed by atoms with Gasteiger partial charge in [-0.3, -0.25) is 14.2 Å². The van der Waals surface area contributed by atoms with Crippen molar-refractivity contribution in [2.75, 3.05) is 0 Å². The Kier molecular flexibility index (Phi) is 6.23. The fourth-order valence-corrected chi connectivity index (χ4v) is 3.60. The quantitative estimate of drug-likeness (QED) is 0.448. The second-order valence-electron chi connectivity index (χ2n) is 8.04. The Labute approximate surface area is 192 Å². The molecule has 0 aliphatic carbocycles. The molecule has 0 fully saturated rings. The van der Waals surface area contributed by atoms with Crippen LogP contribution in [0.4, 0.5) is 13.2 Å². The molecule has 10 heteroatoms. The highest BCUT2D eigenvalue weighted by molar-refractivity contribution is 5.93. The number of carbonyl (C=O) groups is 1. The number of alkyl halides is 3. The van der Waals surface area contributed by atoms with Gasteiger partial charge in [0.25, 0.3) is 11.4 Å². The number of aromatic nitrogens is 3. The smallest absolute Gasteiger partial charge is 0.350 e. The number of rotatable bonds is 6. The van der Waals surface area contributed by atoms with Crippen molar-refractivity contribution in [1.29, 1.82) is 0 Å². The van der Waals surface area contributed by atoms with Crippen LogP contribution in [0.1, 0.15) is 36.7 Å². The summed E-state index contributed by atoms with van der Waals surface area (Å²) in [6.45, 7) is 3.14. The van der Waals surface area contributed by atoms with Crippen LogP contribution in [-0.4, -0.2) is 20.6 Å². The highest BCUT2D eigenvalue weighted by atomic mass is 19.4. The van der Waals surface area contributed by atoms with Gasteiger partial charge in [-0.25, -0.2) is 0 Å². The summed E-state index contributed by atoms with van der Waals surface area (Å²) in [5.74, 6) is 0.131. The van der Waals surface area contributed by atoms with Crippen LogP contribution in [0, 0.1) is 0 Å². The number of nitrogens with zero attached hydrogens (tertiary/aromatic N) is 3. The zero-order chi connectivity index (χ0) is 24.5. The first-order valence-electron chi connectivity index (χ1n) is 10.5. The molecule has 2 aromatic heterocycles. The van der Waals surface area contributed by atoms with Crippen LogP contribution in [0.2, 0.25) is 0 Å². The Hall–Kier alpha value is -3.95. The van der Waals surface area contributed by atoms with Gasteiger partial charge >= 0.3 is 6.18 Å². The van der Waals surface area contributed by atoms with Crippen LogP contribution >= 0.6 is 0 Å². The highest BCUT2D eigenvalue weighted by Crippen LogP contribution is 2.32. The topological polar surface area (TPSA) is 90.0 Å². The summed E-state index contributed by atoms with van der Waals surface area (Å²) in [5, 5.41) is 7.03. The van der Waals surface area contributed by atoms with Crippen molar-refractivity contribution in [3.8, 4) is 11.5 Å². The number of nitrogens with one attached hydrogen (secondary N) is 1. The SMILES string of the molecule is CC(C)c1noc(-c2cc(=O)n(CC(=O)NCc3ccccc3C(F)(F)F)c3ccccc23)n1. The van der Waals surface area contributed by atoms with Crippen molar-refractivity contribution < 1.29 is 22.5 Å². The molecule has 0 aliphatic rings. The van der Waals surface area contributed by atoms with E-state index in [1.165, 1.54) is 28.8 Å². The largest absolute Gasteiger partial charge is 0.416 e. The number of fused-ring (bicyclic) bond motifs is 1. The van der Waals surface area contributed by atoms with E-state index in [2.05, 4.69) is 15.5 Å². The predicted molar refractivity (Wildman–Crippen MR) is 119 cm³/mol. The van der Waals surface area contributed by atoms with Crippen LogP contribution in [0.25, 0.3) is 22.4 Å². The van der Waals surface area contributed by atoms with Crippen LogP contribution in [0.5, 0.6) is 0 Å². The standard InChI is InChI=1S/C24H21F3N4O3/c1-14(2)22-29-23(34-30-22)17-11-21(33)31(19-10-6-4-8-16(17)19)13-20(32)28-12-15-7-3-5-9-18(15)24(25,26)27/h3-11,14H,12-13H2,1-2H3,(H,28,32). The van der Waals surface area contributed by atoms with Crippen molar-refractivity contribution in [2.45, 2.75) is 39.0 Å². The third kappa shape index (κ3) is 4.70. The summed E-state index contributed by atoms with van der Waals surface area (Å²) in [5.41, 5.74) is -0.462. The third-order valence-corrected chi connectivity index (χ3v) is 5.31. The molecular weight excluding hydrogens is 449 g/mol. The lowest BCUT2D eigenvalue weighted by Gasteiger charge is -2.15. The van der Waals surface area contributed by atoms with Gasteiger partial charge in [0.1, 0.15) is 6.54 Å². The summed E-state index contributed by atoms with van der Waals surface area (Å²) >= 11 is 0. The third-order valence-electron chi connectivity index (χ3n) is 5.31. The van der Waals surface area contributed by atoms with Crippen molar-refractivity contribution in [3.63, 3.8) is 0 Å². The molecule has 4 aromatic rings. The van der Waals surface area contributed by atoms with E-state index in [0.717, 1.165) is 6.07 Å². The van der Waals surface area contributed by atoms with E-state index in [9.17, 15) is 22.8 Å². The first-order chi connectivity index (χ1) is 16.1. The summed E-state index contributed by atoms with van der Waals surface area (Å²) in [7, 11) is 0. The van der Waals surface area contributed by atoms with E-state index in [1.807, 2.05) is 13.8 Å². The van der Waals surface area contributed by atoms with E-state index >= 15 is 0 Å². The Morgan fingerprint density at radius 3 is 2.53 bits per heavy atom. The minimum absolute atomic E-state index is 0.0373. The number of benzene rings is 2. The lowest BCUT2D eigenvalue weighted by Crippen LogP contribution is -2.32. The van der Waals surface area contributed by atoms with Gasteiger partial charge in [-0.15, -0.1) is 0 Å². The normalized spacial score (nSPS) is 11.8. The first kappa shape index (κ1) is 23.2. The fourth-order valence-electron chi connectivity index (χ4n) is 3.60. The van der Waals surface area contributed by atoms with E-state index < -0.39 is 23.2 Å². The molecule has 34 heavy (non-hydrogen) atoms. The summed E-state index contributed by atoms with van der Waals surface area (Å²) < 4.78 is 46.2. The monoisotopic (exact) mass is 470 g/mol.